The first-order valence-electron chi connectivity index (χ1n) is 6.78. The van der Waals surface area contributed by atoms with Crippen molar-refractivity contribution >= 4 is 18.3 Å². The third kappa shape index (κ3) is 4.22. The molecule has 1 aromatic carbocycles. The Labute approximate surface area is 121 Å². The molecule has 0 spiro atoms. The van der Waals surface area contributed by atoms with Crippen LogP contribution in [0.5, 0.6) is 0 Å². The Morgan fingerprint density at radius 2 is 1.95 bits per heavy atom. The van der Waals surface area contributed by atoms with E-state index in [9.17, 15) is 4.79 Å². The molecule has 1 heterocycles. The number of hydrogen-bond donors (Lipinski definition) is 1. The summed E-state index contributed by atoms with van der Waals surface area (Å²) in [6.45, 7) is 3.45. The van der Waals surface area contributed by atoms with E-state index < -0.39 is 0 Å². The van der Waals surface area contributed by atoms with Crippen molar-refractivity contribution in [2.75, 3.05) is 13.1 Å². The number of benzene rings is 1. The first kappa shape index (κ1) is 16.0. The largest absolute Gasteiger partial charge is 0.341 e. The van der Waals surface area contributed by atoms with Crippen LogP contribution in [0.1, 0.15) is 37.7 Å². The molecule has 19 heavy (non-hydrogen) atoms. The lowest BCUT2D eigenvalue weighted by Gasteiger charge is -2.22. The van der Waals surface area contributed by atoms with Crippen molar-refractivity contribution in [1.82, 2.24) is 4.90 Å². The van der Waals surface area contributed by atoms with Gasteiger partial charge in [0, 0.05) is 13.1 Å². The van der Waals surface area contributed by atoms with Crippen molar-refractivity contribution in [2.24, 2.45) is 5.73 Å². The Bertz CT molecular complexity index is 394. The van der Waals surface area contributed by atoms with Gasteiger partial charge in [-0.1, -0.05) is 30.3 Å². The van der Waals surface area contributed by atoms with Crippen molar-refractivity contribution in [3.8, 4) is 0 Å². The van der Waals surface area contributed by atoms with Gasteiger partial charge < -0.3 is 10.6 Å². The van der Waals surface area contributed by atoms with E-state index in [0.717, 1.165) is 32.4 Å². The van der Waals surface area contributed by atoms with E-state index in [0.29, 0.717) is 5.92 Å². The van der Waals surface area contributed by atoms with Crippen molar-refractivity contribution in [3.05, 3.63) is 35.9 Å². The lowest BCUT2D eigenvalue weighted by molar-refractivity contribution is -0.132. The number of carbonyl (C=O) groups excluding carboxylic acids is 1. The van der Waals surface area contributed by atoms with Gasteiger partial charge >= 0.3 is 0 Å². The quantitative estimate of drug-likeness (QED) is 0.906. The predicted molar refractivity (Wildman–Crippen MR) is 80.5 cm³/mol. The molecule has 3 nitrogen and oxygen atoms in total. The van der Waals surface area contributed by atoms with Crippen LogP contribution in [0.15, 0.2) is 30.3 Å². The maximum Gasteiger partial charge on any atom is 0.239 e. The molecule has 1 amide bonds. The maximum absolute atomic E-state index is 11.9. The average Bonchev–Trinajstić information content (AvgIpc) is 2.64. The zero-order chi connectivity index (χ0) is 13.0. The number of likely N-dealkylation sites (tertiary alicyclic amines) is 1. The lowest BCUT2D eigenvalue weighted by atomic mass is 9.92. The number of nitrogens with two attached hydrogens (primary N) is 1. The molecule has 106 valence electrons. The molecular formula is C15H23ClN2O. The Balaban J connectivity index is 0.00000180. The van der Waals surface area contributed by atoms with Gasteiger partial charge in [-0.05, 0) is 37.7 Å². The van der Waals surface area contributed by atoms with Crippen molar-refractivity contribution < 1.29 is 4.79 Å². The van der Waals surface area contributed by atoms with Crippen LogP contribution in [-0.4, -0.2) is 29.9 Å². The Morgan fingerprint density at radius 1 is 1.26 bits per heavy atom. The second kappa shape index (κ2) is 7.51. The second-order valence-electron chi connectivity index (χ2n) is 5.15. The predicted octanol–water partition coefficient (Wildman–Crippen LogP) is 2.55. The molecule has 1 aromatic rings. The van der Waals surface area contributed by atoms with Crippen LogP contribution in [-0.2, 0) is 4.79 Å². The fourth-order valence-electron chi connectivity index (χ4n) is 2.66. The highest BCUT2D eigenvalue weighted by molar-refractivity contribution is 5.85. The second-order valence-corrected chi connectivity index (χ2v) is 5.15. The molecule has 0 bridgehead atoms. The Kier molecular flexibility index (Phi) is 6.32. The smallest absolute Gasteiger partial charge is 0.239 e. The van der Waals surface area contributed by atoms with Crippen LogP contribution >= 0.6 is 12.4 Å². The van der Waals surface area contributed by atoms with Crippen LogP contribution in [0.2, 0.25) is 0 Å². The number of halogens is 1. The van der Waals surface area contributed by atoms with Crippen LogP contribution in [0.3, 0.4) is 0 Å². The summed E-state index contributed by atoms with van der Waals surface area (Å²) in [5, 5.41) is 0. The highest BCUT2D eigenvalue weighted by Crippen LogP contribution is 2.27. The van der Waals surface area contributed by atoms with Crippen LogP contribution in [0.4, 0.5) is 0 Å². The zero-order valence-electron chi connectivity index (χ0n) is 11.4. The molecule has 1 aliphatic heterocycles. The Hall–Kier alpha value is -1.06. The van der Waals surface area contributed by atoms with Gasteiger partial charge in [0.25, 0.3) is 0 Å². The molecule has 1 aliphatic rings. The standard InChI is InChI=1S/C15H22N2O.ClH/c1-12(16)15(18)17-10-5-8-14(9-11-17)13-6-3-2-4-7-13;/h2-4,6-7,12,14H,5,8-11,16H2,1H3;1H/t12-,14?;/m0./s1. The first-order chi connectivity index (χ1) is 8.68. The molecule has 0 aromatic heterocycles. The van der Waals surface area contributed by atoms with Crippen LogP contribution in [0.25, 0.3) is 0 Å². The fourth-order valence-corrected chi connectivity index (χ4v) is 2.66. The van der Waals surface area contributed by atoms with Gasteiger partial charge in [-0.2, -0.15) is 0 Å². The SMILES string of the molecule is C[C@H](N)C(=O)N1CCCC(c2ccccc2)CC1.Cl. The van der Waals surface area contributed by atoms with Crippen LogP contribution < -0.4 is 5.73 Å². The fraction of sp³-hybridized carbons (Fsp3) is 0.533. The van der Waals surface area contributed by atoms with E-state index in [1.54, 1.807) is 6.92 Å². The topological polar surface area (TPSA) is 46.3 Å². The van der Waals surface area contributed by atoms with Gasteiger partial charge in [-0.25, -0.2) is 0 Å². The molecule has 0 saturated carbocycles. The summed E-state index contributed by atoms with van der Waals surface area (Å²) in [4.78, 5) is 13.8. The van der Waals surface area contributed by atoms with Crippen LogP contribution in [0, 0.1) is 0 Å². The first-order valence-corrected chi connectivity index (χ1v) is 6.78. The third-order valence-corrected chi connectivity index (χ3v) is 3.70. The minimum atomic E-state index is -0.377. The summed E-state index contributed by atoms with van der Waals surface area (Å²) >= 11 is 0. The summed E-state index contributed by atoms with van der Waals surface area (Å²) in [6.07, 6.45) is 3.27. The van der Waals surface area contributed by atoms with Crippen molar-refractivity contribution in [3.63, 3.8) is 0 Å². The minimum absolute atomic E-state index is 0. The van der Waals surface area contributed by atoms with Gasteiger partial charge in [-0.15, -0.1) is 12.4 Å². The van der Waals surface area contributed by atoms with E-state index >= 15 is 0 Å². The summed E-state index contributed by atoms with van der Waals surface area (Å²) in [5.41, 5.74) is 7.07. The van der Waals surface area contributed by atoms with Gasteiger partial charge in [0.1, 0.15) is 0 Å². The molecule has 2 rings (SSSR count). The van der Waals surface area contributed by atoms with E-state index in [-0.39, 0.29) is 24.4 Å². The number of hydrogen-bond acceptors (Lipinski definition) is 2. The van der Waals surface area contributed by atoms with Crippen molar-refractivity contribution in [2.45, 2.75) is 38.1 Å². The van der Waals surface area contributed by atoms with Crippen molar-refractivity contribution in [1.29, 1.82) is 0 Å². The van der Waals surface area contributed by atoms with Gasteiger partial charge in [0.05, 0.1) is 6.04 Å². The zero-order valence-corrected chi connectivity index (χ0v) is 12.2. The number of rotatable bonds is 2. The van der Waals surface area contributed by atoms with E-state index in [1.807, 2.05) is 11.0 Å². The molecule has 2 N–H and O–H groups in total. The normalized spacial score (nSPS) is 21.2. The molecule has 1 unspecified atom stereocenters. The lowest BCUT2D eigenvalue weighted by Crippen LogP contribution is -2.42. The minimum Gasteiger partial charge on any atom is -0.341 e. The van der Waals surface area contributed by atoms with Gasteiger partial charge in [0.15, 0.2) is 0 Å². The monoisotopic (exact) mass is 282 g/mol. The van der Waals surface area contributed by atoms with Gasteiger partial charge in [-0.3, -0.25) is 4.79 Å². The summed E-state index contributed by atoms with van der Waals surface area (Å²) in [6, 6.07) is 10.2. The molecule has 0 aliphatic carbocycles. The molecule has 2 atom stereocenters. The van der Waals surface area contributed by atoms with Gasteiger partial charge in [0.2, 0.25) is 5.91 Å². The average molecular weight is 283 g/mol. The molecule has 1 saturated heterocycles. The van der Waals surface area contributed by atoms with E-state index in [1.165, 1.54) is 5.56 Å². The van der Waals surface area contributed by atoms with E-state index in [4.69, 9.17) is 5.73 Å². The maximum atomic E-state index is 11.9. The molecule has 1 fully saturated rings. The molecular weight excluding hydrogens is 260 g/mol. The number of nitrogens with zero attached hydrogens (tertiary/aromatic N) is 1. The molecule has 0 radical (unpaired) electrons. The number of carbonyl (C=O) groups is 1. The highest BCUT2D eigenvalue weighted by Gasteiger charge is 2.22. The highest BCUT2D eigenvalue weighted by atomic mass is 35.5. The third-order valence-electron chi connectivity index (χ3n) is 3.70. The summed E-state index contributed by atoms with van der Waals surface area (Å²) < 4.78 is 0. The summed E-state index contributed by atoms with van der Waals surface area (Å²) in [5.74, 6) is 0.667. The molecule has 4 heteroatoms. The Morgan fingerprint density at radius 3 is 2.58 bits per heavy atom. The van der Waals surface area contributed by atoms with E-state index in [2.05, 4.69) is 24.3 Å². The number of amides is 1. The summed E-state index contributed by atoms with van der Waals surface area (Å²) in [7, 11) is 0.